The Kier molecular flexibility index (Phi) is 5.05. The minimum atomic E-state index is -0.0335. The van der Waals surface area contributed by atoms with E-state index in [4.69, 9.17) is 0 Å². The van der Waals surface area contributed by atoms with E-state index in [-0.39, 0.29) is 12.1 Å². The van der Waals surface area contributed by atoms with Gasteiger partial charge in [0.25, 0.3) is 0 Å². The van der Waals surface area contributed by atoms with Crippen LogP contribution in [0.1, 0.15) is 19.4 Å². The fourth-order valence-corrected chi connectivity index (χ4v) is 1.95. The number of benzene rings is 1. The monoisotopic (exact) mass is 332 g/mol. The van der Waals surface area contributed by atoms with Gasteiger partial charge in [0.1, 0.15) is 0 Å². The highest BCUT2D eigenvalue weighted by Crippen LogP contribution is 2.09. The number of nitrogens with one attached hydrogen (secondary N) is 1. The topological polar surface area (TPSA) is 32.3 Å². The molecule has 0 aliphatic rings. The molecule has 0 spiro atoms. The molecule has 0 bridgehead atoms. The summed E-state index contributed by atoms with van der Waals surface area (Å²) in [5.74, 6) is 0. The molecule has 0 radical (unpaired) electrons. The molecule has 1 aromatic rings. The van der Waals surface area contributed by atoms with Gasteiger partial charge in [-0.05, 0) is 54.1 Å². The smallest absolute Gasteiger partial charge is 0.317 e. The molecule has 2 amide bonds. The summed E-state index contributed by atoms with van der Waals surface area (Å²) in [5, 5.41) is 2.86. The number of hydrogen-bond acceptors (Lipinski definition) is 1. The van der Waals surface area contributed by atoms with Crippen LogP contribution < -0.4 is 5.32 Å². The first kappa shape index (κ1) is 13.3. The lowest BCUT2D eigenvalue weighted by atomic mass is 10.2. The number of carbonyl (C=O) groups excluding carboxylic acids is 1. The van der Waals surface area contributed by atoms with Crippen molar-refractivity contribution in [3.63, 3.8) is 0 Å². The lowest BCUT2D eigenvalue weighted by Crippen LogP contribution is -2.40. The molecule has 0 saturated carbocycles. The SMILES string of the molecule is CC(C)NC(=O)N(C)Cc1cccc(I)c1. The summed E-state index contributed by atoms with van der Waals surface area (Å²) < 4.78 is 1.19. The second-order valence-corrected chi connectivity index (χ2v) is 5.34. The fraction of sp³-hybridized carbons (Fsp3) is 0.417. The Labute approximate surface area is 110 Å². The normalized spacial score (nSPS) is 10.3. The van der Waals surface area contributed by atoms with E-state index in [0.29, 0.717) is 6.54 Å². The van der Waals surface area contributed by atoms with E-state index in [1.807, 2.05) is 32.0 Å². The van der Waals surface area contributed by atoms with Gasteiger partial charge in [-0.2, -0.15) is 0 Å². The van der Waals surface area contributed by atoms with Gasteiger partial charge >= 0.3 is 6.03 Å². The zero-order valence-electron chi connectivity index (χ0n) is 9.83. The zero-order valence-corrected chi connectivity index (χ0v) is 12.0. The lowest BCUT2D eigenvalue weighted by molar-refractivity contribution is 0.204. The fourth-order valence-electron chi connectivity index (χ4n) is 1.34. The molecular formula is C12H17IN2O. The van der Waals surface area contributed by atoms with E-state index in [1.165, 1.54) is 3.57 Å². The van der Waals surface area contributed by atoms with Crippen LogP contribution in [-0.4, -0.2) is 24.0 Å². The highest BCUT2D eigenvalue weighted by atomic mass is 127. The third kappa shape index (κ3) is 4.38. The number of hydrogen-bond donors (Lipinski definition) is 1. The number of amides is 2. The maximum Gasteiger partial charge on any atom is 0.317 e. The van der Waals surface area contributed by atoms with Gasteiger partial charge in [-0.3, -0.25) is 0 Å². The molecule has 0 unspecified atom stereocenters. The molecule has 0 fully saturated rings. The molecule has 16 heavy (non-hydrogen) atoms. The van der Waals surface area contributed by atoms with Crippen molar-refractivity contribution in [1.29, 1.82) is 0 Å². The number of carbonyl (C=O) groups is 1. The first-order valence-corrected chi connectivity index (χ1v) is 6.33. The Bertz CT molecular complexity index is 366. The molecular weight excluding hydrogens is 315 g/mol. The van der Waals surface area contributed by atoms with Gasteiger partial charge in [0.05, 0.1) is 0 Å². The maximum atomic E-state index is 11.7. The van der Waals surface area contributed by atoms with E-state index < -0.39 is 0 Å². The van der Waals surface area contributed by atoms with Gasteiger partial charge < -0.3 is 10.2 Å². The Morgan fingerprint density at radius 2 is 2.19 bits per heavy atom. The van der Waals surface area contributed by atoms with Crippen LogP contribution in [0.3, 0.4) is 0 Å². The summed E-state index contributed by atoms with van der Waals surface area (Å²) in [4.78, 5) is 13.3. The summed E-state index contributed by atoms with van der Waals surface area (Å²) in [5.41, 5.74) is 1.15. The summed E-state index contributed by atoms with van der Waals surface area (Å²) in [6, 6.07) is 8.30. The quantitative estimate of drug-likeness (QED) is 0.849. The average Bonchev–Trinajstić information content (AvgIpc) is 2.16. The second-order valence-electron chi connectivity index (χ2n) is 4.09. The van der Waals surface area contributed by atoms with E-state index in [2.05, 4.69) is 34.0 Å². The van der Waals surface area contributed by atoms with E-state index in [1.54, 1.807) is 11.9 Å². The molecule has 3 nitrogen and oxygen atoms in total. The van der Waals surface area contributed by atoms with Crippen LogP contribution in [0.15, 0.2) is 24.3 Å². The van der Waals surface area contributed by atoms with Gasteiger partial charge in [0, 0.05) is 23.2 Å². The summed E-state index contributed by atoms with van der Waals surface area (Å²) in [6.07, 6.45) is 0. The minimum Gasteiger partial charge on any atom is -0.336 e. The average molecular weight is 332 g/mol. The van der Waals surface area contributed by atoms with Crippen LogP contribution in [0.4, 0.5) is 4.79 Å². The number of nitrogens with zero attached hydrogens (tertiary/aromatic N) is 1. The Balaban J connectivity index is 2.57. The van der Waals surface area contributed by atoms with Gasteiger partial charge in [-0.15, -0.1) is 0 Å². The molecule has 88 valence electrons. The highest BCUT2D eigenvalue weighted by Gasteiger charge is 2.09. The number of halogens is 1. The summed E-state index contributed by atoms with van der Waals surface area (Å²) >= 11 is 2.27. The standard InChI is InChI=1S/C12H17IN2O/c1-9(2)14-12(16)15(3)8-10-5-4-6-11(13)7-10/h4-7,9H,8H2,1-3H3,(H,14,16). The molecule has 0 aromatic heterocycles. The van der Waals surface area contributed by atoms with Gasteiger partial charge in [-0.1, -0.05) is 12.1 Å². The number of urea groups is 1. The van der Waals surface area contributed by atoms with Crippen LogP contribution in [-0.2, 0) is 6.54 Å². The van der Waals surface area contributed by atoms with Gasteiger partial charge in [-0.25, -0.2) is 4.79 Å². The molecule has 1 aromatic carbocycles. The predicted octanol–water partition coefficient (Wildman–Crippen LogP) is 2.84. The van der Waals surface area contributed by atoms with Crippen molar-refractivity contribution in [3.8, 4) is 0 Å². The van der Waals surface area contributed by atoms with Crippen molar-refractivity contribution < 1.29 is 4.79 Å². The summed E-state index contributed by atoms with van der Waals surface area (Å²) in [7, 11) is 1.80. The number of rotatable bonds is 3. The Morgan fingerprint density at radius 1 is 1.50 bits per heavy atom. The van der Waals surface area contributed by atoms with Crippen LogP contribution in [0.2, 0.25) is 0 Å². The molecule has 0 aliphatic carbocycles. The van der Waals surface area contributed by atoms with Crippen LogP contribution in [0, 0.1) is 3.57 Å². The molecule has 0 heterocycles. The maximum absolute atomic E-state index is 11.7. The van der Waals surface area contributed by atoms with Crippen molar-refractivity contribution in [3.05, 3.63) is 33.4 Å². The van der Waals surface area contributed by atoms with Crippen LogP contribution in [0.25, 0.3) is 0 Å². The van der Waals surface area contributed by atoms with Crippen LogP contribution in [0.5, 0.6) is 0 Å². The largest absolute Gasteiger partial charge is 0.336 e. The van der Waals surface area contributed by atoms with Crippen molar-refractivity contribution in [1.82, 2.24) is 10.2 Å². The molecule has 0 saturated heterocycles. The van der Waals surface area contributed by atoms with Gasteiger partial charge in [0.2, 0.25) is 0 Å². The molecule has 1 rings (SSSR count). The minimum absolute atomic E-state index is 0.0335. The third-order valence-corrected chi connectivity index (χ3v) is 2.74. The predicted molar refractivity (Wildman–Crippen MR) is 74.3 cm³/mol. The van der Waals surface area contributed by atoms with E-state index >= 15 is 0 Å². The van der Waals surface area contributed by atoms with Crippen molar-refractivity contribution in [2.45, 2.75) is 26.4 Å². The molecule has 0 aliphatic heterocycles. The van der Waals surface area contributed by atoms with Gasteiger partial charge in [0.15, 0.2) is 0 Å². The first-order chi connectivity index (χ1) is 7.49. The Hall–Kier alpha value is -0.780. The highest BCUT2D eigenvalue weighted by molar-refractivity contribution is 14.1. The molecule has 0 atom stereocenters. The van der Waals surface area contributed by atoms with E-state index in [0.717, 1.165) is 5.56 Å². The molecule has 4 heteroatoms. The van der Waals surface area contributed by atoms with Crippen molar-refractivity contribution in [2.75, 3.05) is 7.05 Å². The van der Waals surface area contributed by atoms with E-state index in [9.17, 15) is 4.79 Å². The Morgan fingerprint density at radius 3 is 2.75 bits per heavy atom. The summed E-state index contributed by atoms with van der Waals surface area (Å²) in [6.45, 7) is 4.55. The first-order valence-electron chi connectivity index (χ1n) is 5.25. The van der Waals surface area contributed by atoms with Crippen LogP contribution >= 0.6 is 22.6 Å². The second kappa shape index (κ2) is 6.08. The third-order valence-electron chi connectivity index (χ3n) is 2.07. The lowest BCUT2D eigenvalue weighted by Gasteiger charge is -2.19. The molecule has 1 N–H and O–H groups in total. The van der Waals surface area contributed by atoms with Crippen molar-refractivity contribution >= 4 is 28.6 Å². The van der Waals surface area contributed by atoms with Crippen molar-refractivity contribution in [2.24, 2.45) is 0 Å². The zero-order chi connectivity index (χ0) is 12.1.